The Labute approximate surface area is 210 Å². The molecule has 1 aromatic heterocycles. The number of fused-ring (bicyclic) bond motifs is 2. The number of ether oxygens (including phenoxy) is 2. The van der Waals surface area contributed by atoms with Crippen molar-refractivity contribution in [1.82, 2.24) is 9.88 Å². The van der Waals surface area contributed by atoms with E-state index < -0.39 is 0 Å². The van der Waals surface area contributed by atoms with Gasteiger partial charge in [0.05, 0.1) is 25.8 Å². The fraction of sp³-hybridized carbons (Fsp3) is 0.345. The minimum atomic E-state index is -0.163. The number of anilines is 1. The van der Waals surface area contributed by atoms with Crippen LogP contribution < -0.4 is 14.4 Å². The van der Waals surface area contributed by atoms with Gasteiger partial charge in [-0.2, -0.15) is 0 Å². The molecule has 7 nitrogen and oxygen atoms in total. The second-order valence-corrected chi connectivity index (χ2v) is 9.81. The lowest BCUT2D eigenvalue weighted by Gasteiger charge is -2.25. The summed E-state index contributed by atoms with van der Waals surface area (Å²) in [6.45, 7) is 3.03. The van der Waals surface area contributed by atoms with Crippen LogP contribution in [-0.4, -0.2) is 34.9 Å². The molecule has 7 heteroatoms. The Kier molecular flexibility index (Phi) is 5.63. The third kappa shape index (κ3) is 3.79. The predicted octanol–water partition coefficient (Wildman–Crippen LogP) is 5.29. The number of hydrogen-bond donors (Lipinski definition) is 0. The van der Waals surface area contributed by atoms with Crippen molar-refractivity contribution in [2.75, 3.05) is 12.0 Å². The summed E-state index contributed by atoms with van der Waals surface area (Å²) in [5.41, 5.74) is 5.03. The quantitative estimate of drug-likeness (QED) is 0.477. The molecule has 36 heavy (non-hydrogen) atoms. The van der Waals surface area contributed by atoms with E-state index in [1.807, 2.05) is 48.2 Å². The van der Waals surface area contributed by atoms with Gasteiger partial charge in [-0.1, -0.05) is 12.1 Å². The summed E-state index contributed by atoms with van der Waals surface area (Å²) in [6.07, 6.45) is 8.05. The molecule has 2 aromatic carbocycles. The van der Waals surface area contributed by atoms with Crippen molar-refractivity contribution in [3.8, 4) is 11.5 Å². The highest BCUT2D eigenvalue weighted by Gasteiger charge is 2.34. The van der Waals surface area contributed by atoms with Crippen LogP contribution in [0, 0.1) is 0 Å². The monoisotopic (exact) mass is 483 g/mol. The van der Waals surface area contributed by atoms with Crippen molar-refractivity contribution >= 4 is 17.5 Å². The maximum absolute atomic E-state index is 13.5. The van der Waals surface area contributed by atoms with Gasteiger partial charge in [0.15, 0.2) is 11.5 Å². The Hall–Kier alpha value is -3.87. The zero-order chi connectivity index (χ0) is 24.8. The minimum absolute atomic E-state index is 0.00127. The Bertz CT molecular complexity index is 1350. The number of amides is 2. The molecule has 1 unspecified atom stereocenters. The van der Waals surface area contributed by atoms with Gasteiger partial charge >= 0.3 is 0 Å². The summed E-state index contributed by atoms with van der Waals surface area (Å²) in [5, 5.41) is 0. The van der Waals surface area contributed by atoms with Crippen LogP contribution in [0.15, 0.2) is 54.9 Å². The molecule has 0 spiro atoms. The third-order valence-corrected chi connectivity index (χ3v) is 7.68. The van der Waals surface area contributed by atoms with Gasteiger partial charge in [-0.3, -0.25) is 14.6 Å². The van der Waals surface area contributed by atoms with Crippen LogP contribution in [0.1, 0.15) is 76.1 Å². The predicted molar refractivity (Wildman–Crippen MR) is 135 cm³/mol. The van der Waals surface area contributed by atoms with Gasteiger partial charge in [0.25, 0.3) is 11.8 Å². The number of methoxy groups -OCH3 is 1. The molecule has 3 heterocycles. The van der Waals surface area contributed by atoms with Gasteiger partial charge in [0.1, 0.15) is 0 Å². The average molecular weight is 484 g/mol. The Morgan fingerprint density at radius 2 is 1.75 bits per heavy atom. The molecule has 0 N–H and O–H groups in total. The van der Waals surface area contributed by atoms with E-state index in [0.29, 0.717) is 35.7 Å². The maximum Gasteiger partial charge on any atom is 0.258 e. The van der Waals surface area contributed by atoms with Gasteiger partial charge in [-0.05, 0) is 68.0 Å². The van der Waals surface area contributed by atoms with Crippen LogP contribution >= 0.6 is 0 Å². The second kappa shape index (κ2) is 8.97. The van der Waals surface area contributed by atoms with Crippen molar-refractivity contribution < 1.29 is 19.1 Å². The van der Waals surface area contributed by atoms with Gasteiger partial charge in [0.2, 0.25) is 0 Å². The molecule has 0 bridgehead atoms. The third-order valence-electron chi connectivity index (χ3n) is 7.68. The highest BCUT2D eigenvalue weighted by Crippen LogP contribution is 2.38. The summed E-state index contributed by atoms with van der Waals surface area (Å²) >= 11 is 0. The molecule has 2 amide bonds. The normalized spacial score (nSPS) is 17.9. The second-order valence-electron chi connectivity index (χ2n) is 9.81. The van der Waals surface area contributed by atoms with Crippen LogP contribution in [0.25, 0.3) is 0 Å². The first-order chi connectivity index (χ1) is 17.5. The SMILES string of the molecule is COc1ccc(N2Cc3ccc(C(C)N4Cc5cnccc5C4=O)cc3C2=O)cc1OC1CCCC1. The molecule has 1 fully saturated rings. The molecular formula is C29H29N3O4. The lowest BCUT2D eigenvalue weighted by Crippen LogP contribution is -2.27. The van der Waals surface area contributed by atoms with E-state index in [9.17, 15) is 9.59 Å². The number of rotatable bonds is 6. The fourth-order valence-electron chi connectivity index (χ4n) is 5.56. The van der Waals surface area contributed by atoms with Crippen molar-refractivity contribution in [3.63, 3.8) is 0 Å². The van der Waals surface area contributed by atoms with Crippen LogP contribution in [0.2, 0.25) is 0 Å². The topological polar surface area (TPSA) is 72.0 Å². The van der Waals surface area contributed by atoms with Gasteiger partial charge in [0, 0.05) is 47.4 Å². The highest BCUT2D eigenvalue weighted by molar-refractivity contribution is 6.10. The number of carbonyl (C=O) groups excluding carboxylic acids is 2. The van der Waals surface area contributed by atoms with Gasteiger partial charge in [-0.15, -0.1) is 0 Å². The number of benzene rings is 2. The van der Waals surface area contributed by atoms with Gasteiger partial charge < -0.3 is 19.3 Å². The van der Waals surface area contributed by atoms with Crippen molar-refractivity contribution in [2.24, 2.45) is 0 Å². The van der Waals surface area contributed by atoms with Crippen LogP contribution in [0.4, 0.5) is 5.69 Å². The summed E-state index contributed by atoms with van der Waals surface area (Å²) in [7, 11) is 1.64. The number of pyridine rings is 1. The molecule has 1 atom stereocenters. The van der Waals surface area contributed by atoms with E-state index in [0.717, 1.165) is 35.2 Å². The molecular weight excluding hydrogens is 454 g/mol. The van der Waals surface area contributed by atoms with Crippen LogP contribution in [-0.2, 0) is 13.1 Å². The first-order valence-corrected chi connectivity index (χ1v) is 12.6. The Morgan fingerprint density at radius 3 is 2.53 bits per heavy atom. The molecule has 2 aliphatic heterocycles. The van der Waals surface area contributed by atoms with Crippen molar-refractivity contribution in [1.29, 1.82) is 0 Å². The number of hydrogen-bond acceptors (Lipinski definition) is 5. The Balaban J connectivity index is 1.24. The number of nitrogens with zero attached hydrogens (tertiary/aromatic N) is 3. The van der Waals surface area contributed by atoms with Crippen LogP contribution in [0.5, 0.6) is 11.5 Å². The molecule has 6 rings (SSSR count). The summed E-state index contributed by atoms with van der Waals surface area (Å²) < 4.78 is 11.8. The average Bonchev–Trinajstić information content (AvgIpc) is 3.62. The molecule has 3 aliphatic rings. The Morgan fingerprint density at radius 1 is 0.917 bits per heavy atom. The lowest BCUT2D eigenvalue weighted by molar-refractivity contribution is 0.0716. The fourth-order valence-corrected chi connectivity index (χ4v) is 5.56. The van der Waals surface area contributed by atoms with Crippen LogP contribution in [0.3, 0.4) is 0 Å². The molecule has 1 saturated carbocycles. The minimum Gasteiger partial charge on any atom is -0.493 e. The zero-order valence-electron chi connectivity index (χ0n) is 20.6. The maximum atomic E-state index is 13.5. The molecule has 0 radical (unpaired) electrons. The number of carbonyl (C=O) groups is 2. The zero-order valence-corrected chi connectivity index (χ0v) is 20.6. The molecule has 184 valence electrons. The summed E-state index contributed by atoms with van der Waals surface area (Å²) in [6, 6.07) is 13.3. The van der Waals surface area contributed by atoms with E-state index >= 15 is 0 Å². The smallest absolute Gasteiger partial charge is 0.258 e. The van der Waals surface area contributed by atoms with E-state index in [1.165, 1.54) is 12.8 Å². The van der Waals surface area contributed by atoms with E-state index in [-0.39, 0.29) is 24.0 Å². The largest absolute Gasteiger partial charge is 0.493 e. The highest BCUT2D eigenvalue weighted by atomic mass is 16.5. The first-order valence-electron chi connectivity index (χ1n) is 12.6. The standard InChI is InChI=1S/C29H29N3O4/c1-18(31-17-21-15-30-12-11-24(21)28(31)33)19-7-8-20-16-32(29(34)25(20)13-19)22-9-10-26(35-2)27(14-22)36-23-5-3-4-6-23/h7-15,18,23H,3-6,16-17H2,1-2H3. The molecule has 3 aromatic rings. The molecule has 0 saturated heterocycles. The van der Waals surface area contributed by atoms with E-state index in [2.05, 4.69) is 4.98 Å². The van der Waals surface area contributed by atoms with E-state index in [4.69, 9.17) is 9.47 Å². The summed E-state index contributed by atoms with van der Waals surface area (Å²) in [4.78, 5) is 34.2. The van der Waals surface area contributed by atoms with Crippen molar-refractivity contribution in [2.45, 2.75) is 57.8 Å². The van der Waals surface area contributed by atoms with E-state index in [1.54, 1.807) is 30.5 Å². The molecule has 1 aliphatic carbocycles. The van der Waals surface area contributed by atoms with Crippen molar-refractivity contribution in [3.05, 3.63) is 82.7 Å². The first kappa shape index (κ1) is 22.6. The van der Waals surface area contributed by atoms with Gasteiger partial charge in [-0.25, -0.2) is 0 Å². The number of aromatic nitrogens is 1. The summed E-state index contributed by atoms with van der Waals surface area (Å²) in [5.74, 6) is 1.32. The lowest BCUT2D eigenvalue weighted by atomic mass is 10.0.